The Labute approximate surface area is 156 Å². The number of piperidine rings is 1. The molecule has 6 nitrogen and oxygen atoms in total. The van der Waals surface area contributed by atoms with Crippen molar-refractivity contribution in [1.29, 1.82) is 0 Å². The molecule has 2 saturated heterocycles. The zero-order valence-electron chi connectivity index (χ0n) is 15.5. The molecule has 1 N–H and O–H groups in total. The van der Waals surface area contributed by atoms with Crippen molar-refractivity contribution in [2.45, 2.75) is 38.5 Å². The molecule has 144 valence electrons. The van der Waals surface area contributed by atoms with Crippen LogP contribution in [0.25, 0.3) is 0 Å². The van der Waals surface area contributed by atoms with E-state index in [4.69, 9.17) is 0 Å². The molecule has 1 aromatic carbocycles. The number of rotatable bonds is 4. The van der Waals surface area contributed by atoms with Crippen molar-refractivity contribution in [3.63, 3.8) is 0 Å². The van der Waals surface area contributed by atoms with Crippen molar-refractivity contribution in [3.8, 4) is 0 Å². The summed E-state index contributed by atoms with van der Waals surface area (Å²) in [6, 6.07) is 7.93. The number of hydrogen-bond acceptors (Lipinski definition) is 4. The first-order valence-corrected chi connectivity index (χ1v) is 11.4. The number of nitrogens with one attached hydrogen (secondary N) is 1. The molecule has 0 aromatic heterocycles. The van der Waals surface area contributed by atoms with E-state index in [9.17, 15) is 13.2 Å². The van der Waals surface area contributed by atoms with Gasteiger partial charge in [-0.1, -0.05) is 25.0 Å². The van der Waals surface area contributed by atoms with E-state index in [2.05, 4.69) is 16.3 Å². The van der Waals surface area contributed by atoms with E-state index < -0.39 is 10.0 Å². The fraction of sp³-hybridized carbons (Fsp3) is 0.632. The number of hydrogen-bond donors (Lipinski definition) is 1. The van der Waals surface area contributed by atoms with Gasteiger partial charge in [0.05, 0.1) is 23.5 Å². The molecule has 7 heteroatoms. The minimum absolute atomic E-state index is 0.0828. The summed E-state index contributed by atoms with van der Waals surface area (Å²) in [4.78, 5) is 15.1. The molecule has 2 aliphatic rings. The molecule has 1 aromatic rings. The first-order chi connectivity index (χ1) is 12.4. The fourth-order valence-electron chi connectivity index (χ4n) is 3.86. The number of nitrogens with zero attached hydrogens (tertiary/aromatic N) is 2. The molecule has 0 spiro atoms. The molecule has 26 heavy (non-hydrogen) atoms. The predicted octanol–water partition coefficient (Wildman–Crippen LogP) is 2.68. The van der Waals surface area contributed by atoms with Gasteiger partial charge in [0.2, 0.25) is 15.9 Å². The van der Waals surface area contributed by atoms with Crippen LogP contribution in [0.3, 0.4) is 0 Å². The Balaban J connectivity index is 1.71. The maximum atomic E-state index is 12.8. The quantitative estimate of drug-likeness (QED) is 0.873. The smallest absolute Gasteiger partial charge is 0.228 e. The van der Waals surface area contributed by atoms with Crippen LogP contribution in [0.2, 0.25) is 0 Å². The summed E-state index contributed by atoms with van der Waals surface area (Å²) < 4.78 is 25.0. The molecule has 3 rings (SSSR count). The van der Waals surface area contributed by atoms with Crippen molar-refractivity contribution >= 4 is 27.3 Å². The molecule has 0 bridgehead atoms. The van der Waals surface area contributed by atoms with Crippen LogP contribution in [0.5, 0.6) is 0 Å². The van der Waals surface area contributed by atoms with Crippen LogP contribution in [0, 0.1) is 5.92 Å². The molecular weight excluding hydrogens is 350 g/mol. The molecule has 1 unspecified atom stereocenters. The second-order valence-electron chi connectivity index (χ2n) is 7.37. The zero-order valence-corrected chi connectivity index (χ0v) is 16.3. The van der Waals surface area contributed by atoms with Crippen molar-refractivity contribution in [2.24, 2.45) is 5.92 Å². The van der Waals surface area contributed by atoms with Gasteiger partial charge in [0.1, 0.15) is 0 Å². The Hall–Kier alpha value is -1.60. The molecule has 0 radical (unpaired) electrons. The second kappa shape index (κ2) is 8.39. The molecule has 1 atom stereocenters. The Morgan fingerprint density at radius 3 is 2.42 bits per heavy atom. The number of para-hydroxylation sites is 2. The SMILES string of the molecule is CS(=O)(=O)N1CCCC(C(=O)Nc2ccccc2N2CCCCCC2)C1. The lowest BCUT2D eigenvalue weighted by molar-refractivity contribution is -0.120. The van der Waals surface area contributed by atoms with E-state index in [1.54, 1.807) is 0 Å². The molecule has 0 aliphatic carbocycles. The number of sulfonamides is 1. The monoisotopic (exact) mass is 379 g/mol. The summed E-state index contributed by atoms with van der Waals surface area (Å²) in [5.74, 6) is -0.378. The molecular formula is C19H29N3O3S. The van der Waals surface area contributed by atoms with Gasteiger partial charge in [0.15, 0.2) is 0 Å². The van der Waals surface area contributed by atoms with Gasteiger partial charge in [-0.05, 0) is 37.8 Å². The maximum absolute atomic E-state index is 12.8. The Morgan fingerprint density at radius 1 is 1.04 bits per heavy atom. The molecule has 2 aliphatic heterocycles. The summed E-state index contributed by atoms with van der Waals surface area (Å²) in [7, 11) is -3.25. The van der Waals surface area contributed by atoms with Crippen LogP contribution < -0.4 is 10.2 Å². The van der Waals surface area contributed by atoms with Crippen LogP contribution in [0.4, 0.5) is 11.4 Å². The third kappa shape index (κ3) is 4.76. The Bertz CT molecular complexity index is 727. The van der Waals surface area contributed by atoms with Gasteiger partial charge >= 0.3 is 0 Å². The van der Waals surface area contributed by atoms with Crippen molar-refractivity contribution in [3.05, 3.63) is 24.3 Å². The topological polar surface area (TPSA) is 69.7 Å². The third-order valence-corrected chi connectivity index (χ3v) is 6.60. The first kappa shape index (κ1) is 19.2. The van der Waals surface area contributed by atoms with E-state index in [-0.39, 0.29) is 18.4 Å². The van der Waals surface area contributed by atoms with E-state index >= 15 is 0 Å². The average Bonchev–Trinajstić information content (AvgIpc) is 2.91. The minimum Gasteiger partial charge on any atom is -0.370 e. The van der Waals surface area contributed by atoms with Crippen LogP contribution >= 0.6 is 0 Å². The summed E-state index contributed by atoms with van der Waals surface area (Å²) in [5, 5.41) is 3.07. The van der Waals surface area contributed by atoms with E-state index in [1.165, 1.54) is 36.2 Å². The summed E-state index contributed by atoms with van der Waals surface area (Å²) in [5.41, 5.74) is 1.90. The third-order valence-electron chi connectivity index (χ3n) is 5.33. The number of anilines is 2. The lowest BCUT2D eigenvalue weighted by Gasteiger charge is -2.31. The lowest BCUT2D eigenvalue weighted by Crippen LogP contribution is -2.43. The minimum atomic E-state index is -3.25. The number of benzene rings is 1. The average molecular weight is 380 g/mol. The standard InChI is InChI=1S/C19H29N3O3S/c1-26(24,25)22-14-8-9-16(15-22)19(23)20-17-10-4-5-11-18(17)21-12-6-2-3-7-13-21/h4-5,10-11,16H,2-3,6-9,12-15H2,1H3,(H,20,23). The van der Waals surface area contributed by atoms with Crippen LogP contribution in [0.1, 0.15) is 38.5 Å². The summed E-state index contributed by atoms with van der Waals surface area (Å²) in [6.07, 6.45) is 7.52. The van der Waals surface area contributed by atoms with Crippen LogP contribution in [-0.2, 0) is 14.8 Å². The van der Waals surface area contributed by atoms with Gasteiger partial charge in [-0.3, -0.25) is 4.79 Å². The summed E-state index contributed by atoms with van der Waals surface area (Å²) in [6.45, 7) is 2.81. The van der Waals surface area contributed by atoms with Gasteiger partial charge < -0.3 is 10.2 Å². The second-order valence-corrected chi connectivity index (χ2v) is 9.35. The van der Waals surface area contributed by atoms with Crippen molar-refractivity contribution in [2.75, 3.05) is 42.7 Å². The van der Waals surface area contributed by atoms with Gasteiger partial charge in [-0.15, -0.1) is 0 Å². The van der Waals surface area contributed by atoms with E-state index in [0.717, 1.165) is 37.3 Å². The van der Waals surface area contributed by atoms with Gasteiger partial charge in [0, 0.05) is 26.2 Å². The highest BCUT2D eigenvalue weighted by molar-refractivity contribution is 7.88. The largest absolute Gasteiger partial charge is 0.370 e. The van der Waals surface area contributed by atoms with E-state index in [0.29, 0.717) is 6.54 Å². The fourth-order valence-corrected chi connectivity index (χ4v) is 4.77. The molecule has 1 amide bonds. The Morgan fingerprint density at radius 2 is 1.73 bits per heavy atom. The first-order valence-electron chi connectivity index (χ1n) is 9.55. The highest BCUT2D eigenvalue weighted by Crippen LogP contribution is 2.29. The predicted molar refractivity (Wildman–Crippen MR) is 105 cm³/mol. The molecule has 2 heterocycles. The number of amides is 1. The lowest BCUT2D eigenvalue weighted by atomic mass is 9.98. The zero-order chi connectivity index (χ0) is 18.6. The normalized spacial score (nSPS) is 22.7. The van der Waals surface area contributed by atoms with Gasteiger partial charge in [-0.25, -0.2) is 12.7 Å². The van der Waals surface area contributed by atoms with Crippen molar-refractivity contribution in [1.82, 2.24) is 4.31 Å². The maximum Gasteiger partial charge on any atom is 0.228 e. The van der Waals surface area contributed by atoms with Crippen LogP contribution in [-0.4, -0.2) is 51.1 Å². The Kier molecular flexibility index (Phi) is 6.19. The van der Waals surface area contributed by atoms with Gasteiger partial charge in [0.25, 0.3) is 0 Å². The molecule has 2 fully saturated rings. The van der Waals surface area contributed by atoms with Gasteiger partial charge in [-0.2, -0.15) is 0 Å². The number of carbonyl (C=O) groups excluding carboxylic acids is 1. The van der Waals surface area contributed by atoms with Crippen molar-refractivity contribution < 1.29 is 13.2 Å². The highest BCUT2D eigenvalue weighted by Gasteiger charge is 2.30. The highest BCUT2D eigenvalue weighted by atomic mass is 32.2. The summed E-state index contributed by atoms with van der Waals surface area (Å²) >= 11 is 0. The van der Waals surface area contributed by atoms with E-state index in [1.807, 2.05) is 18.2 Å². The molecule has 0 saturated carbocycles. The number of carbonyl (C=O) groups is 1. The van der Waals surface area contributed by atoms with Crippen LogP contribution in [0.15, 0.2) is 24.3 Å².